The Hall–Kier alpha value is -1.27. The summed E-state index contributed by atoms with van der Waals surface area (Å²) in [5.41, 5.74) is 2.16. The normalized spacial score (nSPS) is 13.2. The van der Waals surface area contributed by atoms with Crippen molar-refractivity contribution in [2.75, 3.05) is 12.4 Å². The molecule has 0 bridgehead atoms. The predicted molar refractivity (Wildman–Crippen MR) is 83.2 cm³/mol. The fourth-order valence-electron chi connectivity index (χ4n) is 2.11. The van der Waals surface area contributed by atoms with Crippen molar-refractivity contribution in [3.63, 3.8) is 0 Å². The number of nitrogens with zero attached hydrogens (tertiary/aromatic N) is 1. The Kier molecular flexibility index (Phi) is 5.25. The maximum absolute atomic E-state index is 11.6. The van der Waals surface area contributed by atoms with Crippen molar-refractivity contribution in [1.82, 2.24) is 15.0 Å². The van der Waals surface area contributed by atoms with Crippen LogP contribution in [-0.2, 0) is 6.42 Å². The zero-order valence-corrected chi connectivity index (χ0v) is 12.7. The minimum absolute atomic E-state index is 0.143. The first-order valence-corrected chi connectivity index (χ1v) is 7.92. The molecule has 20 heavy (non-hydrogen) atoms. The molecule has 2 aromatic heterocycles. The molecule has 0 radical (unpaired) electrons. The summed E-state index contributed by atoms with van der Waals surface area (Å²) in [4.78, 5) is 21.3. The topological polar surface area (TPSA) is 81.8 Å². The van der Waals surface area contributed by atoms with Crippen LogP contribution < -0.4 is 5.56 Å². The fourth-order valence-corrected chi connectivity index (χ4v) is 3.04. The van der Waals surface area contributed by atoms with E-state index in [0.717, 1.165) is 29.7 Å². The smallest absolute Gasteiger partial charge is 0.275 e. The lowest BCUT2D eigenvalue weighted by Gasteiger charge is -2.14. The number of nitrogens with one attached hydrogen (secondary N) is 2. The Bertz CT molecular complexity index is 606. The minimum Gasteiger partial charge on any atom is -0.396 e. The summed E-state index contributed by atoms with van der Waals surface area (Å²) in [6.07, 6.45) is 5.00. The Morgan fingerprint density at radius 3 is 2.90 bits per heavy atom. The van der Waals surface area contributed by atoms with E-state index in [9.17, 15) is 9.90 Å². The second-order valence-corrected chi connectivity index (χ2v) is 6.85. The minimum atomic E-state index is -0.143. The van der Waals surface area contributed by atoms with Crippen LogP contribution in [0.1, 0.15) is 25.8 Å². The zero-order valence-electron chi connectivity index (χ0n) is 11.8. The van der Waals surface area contributed by atoms with Crippen molar-refractivity contribution < 1.29 is 5.11 Å². The summed E-state index contributed by atoms with van der Waals surface area (Å²) in [6.45, 7) is 4.53. The van der Waals surface area contributed by atoms with Crippen LogP contribution in [0, 0.1) is 5.92 Å². The highest BCUT2D eigenvalue weighted by atomic mass is 32.2. The number of H-pyrrole nitrogens is 2. The van der Waals surface area contributed by atoms with Crippen LogP contribution >= 0.6 is 11.8 Å². The lowest BCUT2D eigenvalue weighted by atomic mass is 10.0. The van der Waals surface area contributed by atoms with Crippen molar-refractivity contribution in [2.24, 2.45) is 5.92 Å². The van der Waals surface area contributed by atoms with Crippen molar-refractivity contribution in [3.8, 4) is 0 Å². The number of aliphatic hydroxyl groups is 1. The summed E-state index contributed by atoms with van der Waals surface area (Å²) >= 11 is 1.87. The molecule has 0 aliphatic heterocycles. The molecule has 6 heteroatoms. The van der Waals surface area contributed by atoms with Gasteiger partial charge in [0.25, 0.3) is 5.56 Å². The van der Waals surface area contributed by atoms with Gasteiger partial charge in [-0.3, -0.25) is 4.79 Å². The first kappa shape index (κ1) is 15.1. The van der Waals surface area contributed by atoms with Crippen LogP contribution in [0.5, 0.6) is 0 Å². The molecule has 0 unspecified atom stereocenters. The van der Waals surface area contributed by atoms with E-state index < -0.39 is 0 Å². The molecule has 2 heterocycles. The van der Waals surface area contributed by atoms with E-state index in [2.05, 4.69) is 28.8 Å². The second kappa shape index (κ2) is 6.95. The van der Waals surface area contributed by atoms with Gasteiger partial charge in [0, 0.05) is 12.8 Å². The van der Waals surface area contributed by atoms with Gasteiger partial charge in [0.2, 0.25) is 0 Å². The lowest BCUT2D eigenvalue weighted by Crippen LogP contribution is -2.12. The number of rotatable bonds is 7. The standard InChI is InChI=1S/C14H21N3O2S/c1-9(2)20-7-10(6-18)3-4-11-5-15-13-12(11)16-8-17-14(13)19/h5,8-10,15,18H,3-4,6-7H2,1-2H3,(H,16,17,19)/t10-/m0/s1. The monoisotopic (exact) mass is 295 g/mol. The Morgan fingerprint density at radius 2 is 2.20 bits per heavy atom. The fraction of sp³-hybridized carbons (Fsp3) is 0.571. The number of aliphatic hydroxyl groups excluding tert-OH is 1. The molecule has 2 rings (SSSR count). The predicted octanol–water partition coefficient (Wildman–Crippen LogP) is 1.93. The third-order valence-electron chi connectivity index (χ3n) is 3.29. The first-order chi connectivity index (χ1) is 9.61. The maximum Gasteiger partial charge on any atom is 0.275 e. The molecule has 110 valence electrons. The van der Waals surface area contributed by atoms with E-state index in [-0.39, 0.29) is 18.1 Å². The molecule has 0 aliphatic rings. The average Bonchev–Trinajstić information content (AvgIpc) is 2.83. The Morgan fingerprint density at radius 1 is 1.40 bits per heavy atom. The quantitative estimate of drug-likeness (QED) is 0.729. The number of hydrogen-bond acceptors (Lipinski definition) is 4. The third-order valence-corrected chi connectivity index (χ3v) is 4.62. The molecular formula is C14H21N3O2S. The van der Waals surface area contributed by atoms with Crippen molar-refractivity contribution >= 4 is 22.8 Å². The largest absolute Gasteiger partial charge is 0.396 e. The highest BCUT2D eigenvalue weighted by Gasteiger charge is 2.12. The molecule has 0 amide bonds. The van der Waals surface area contributed by atoms with Crippen LogP contribution in [-0.4, -0.2) is 37.7 Å². The van der Waals surface area contributed by atoms with Crippen LogP contribution in [0.2, 0.25) is 0 Å². The highest BCUT2D eigenvalue weighted by molar-refractivity contribution is 7.99. The van der Waals surface area contributed by atoms with E-state index >= 15 is 0 Å². The van der Waals surface area contributed by atoms with E-state index in [0.29, 0.717) is 10.8 Å². The van der Waals surface area contributed by atoms with Gasteiger partial charge in [-0.25, -0.2) is 4.98 Å². The molecule has 2 aromatic rings. The number of hydrogen-bond donors (Lipinski definition) is 3. The number of aryl methyl sites for hydroxylation is 1. The molecule has 0 fully saturated rings. The van der Waals surface area contributed by atoms with E-state index in [4.69, 9.17) is 0 Å². The Labute approximate surface area is 122 Å². The van der Waals surface area contributed by atoms with Crippen LogP contribution in [0.25, 0.3) is 11.0 Å². The number of aromatic amines is 2. The molecule has 0 spiro atoms. The molecule has 0 saturated carbocycles. The van der Waals surface area contributed by atoms with Crippen molar-refractivity contribution in [3.05, 3.63) is 28.4 Å². The van der Waals surface area contributed by atoms with E-state index in [1.807, 2.05) is 18.0 Å². The van der Waals surface area contributed by atoms with Crippen molar-refractivity contribution in [1.29, 1.82) is 0 Å². The van der Waals surface area contributed by atoms with Crippen LogP contribution in [0.15, 0.2) is 17.3 Å². The second-order valence-electron chi connectivity index (χ2n) is 5.24. The van der Waals surface area contributed by atoms with Gasteiger partial charge in [0.1, 0.15) is 5.52 Å². The van der Waals surface area contributed by atoms with E-state index in [1.54, 1.807) is 0 Å². The van der Waals surface area contributed by atoms with Gasteiger partial charge in [0.05, 0.1) is 11.8 Å². The van der Waals surface area contributed by atoms with Gasteiger partial charge in [-0.1, -0.05) is 13.8 Å². The van der Waals surface area contributed by atoms with E-state index in [1.165, 1.54) is 6.33 Å². The van der Waals surface area contributed by atoms with Gasteiger partial charge < -0.3 is 15.1 Å². The first-order valence-electron chi connectivity index (χ1n) is 6.88. The van der Waals surface area contributed by atoms with Gasteiger partial charge in [-0.2, -0.15) is 11.8 Å². The summed E-state index contributed by atoms with van der Waals surface area (Å²) in [5, 5.41) is 10.0. The molecular weight excluding hydrogens is 274 g/mol. The zero-order chi connectivity index (χ0) is 14.5. The lowest BCUT2D eigenvalue weighted by molar-refractivity contribution is 0.233. The Balaban J connectivity index is 2.01. The molecule has 1 atom stereocenters. The SMILES string of the molecule is CC(C)SC[C@H](CO)CCc1c[nH]c2c(=O)[nH]cnc12. The van der Waals surface area contributed by atoms with Crippen LogP contribution in [0.3, 0.4) is 0 Å². The third kappa shape index (κ3) is 3.64. The molecule has 0 saturated heterocycles. The molecule has 0 aromatic carbocycles. The van der Waals surface area contributed by atoms with Gasteiger partial charge >= 0.3 is 0 Å². The van der Waals surface area contributed by atoms with Gasteiger partial charge in [-0.05, 0) is 35.3 Å². The molecule has 5 nitrogen and oxygen atoms in total. The summed E-state index contributed by atoms with van der Waals surface area (Å²) in [7, 11) is 0. The summed E-state index contributed by atoms with van der Waals surface area (Å²) in [5.74, 6) is 1.25. The number of fused-ring (bicyclic) bond motifs is 1. The van der Waals surface area contributed by atoms with Crippen molar-refractivity contribution in [2.45, 2.75) is 31.9 Å². The molecule has 0 aliphatic carbocycles. The molecule has 3 N–H and O–H groups in total. The van der Waals surface area contributed by atoms with Gasteiger partial charge in [0.15, 0.2) is 0 Å². The van der Waals surface area contributed by atoms with Crippen LogP contribution in [0.4, 0.5) is 0 Å². The average molecular weight is 295 g/mol. The maximum atomic E-state index is 11.6. The highest BCUT2D eigenvalue weighted by Crippen LogP contribution is 2.20. The summed E-state index contributed by atoms with van der Waals surface area (Å²) in [6, 6.07) is 0. The summed E-state index contributed by atoms with van der Waals surface area (Å²) < 4.78 is 0. The number of aromatic nitrogens is 3. The van der Waals surface area contributed by atoms with Gasteiger partial charge in [-0.15, -0.1) is 0 Å². The number of thioether (sulfide) groups is 1.